The third kappa shape index (κ3) is 4.63. The minimum Gasteiger partial charge on any atom is -0.462 e. The number of rotatable bonds is 5. The zero-order valence-electron chi connectivity index (χ0n) is 13.9. The molecular formula is C17H21ClN4O2. The summed E-state index contributed by atoms with van der Waals surface area (Å²) in [5, 5.41) is 12.7. The summed E-state index contributed by atoms with van der Waals surface area (Å²) in [6.07, 6.45) is 1.36. The van der Waals surface area contributed by atoms with E-state index in [1.807, 2.05) is 18.2 Å². The summed E-state index contributed by atoms with van der Waals surface area (Å²) in [5.41, 5.74) is 1.66. The first kappa shape index (κ1) is 18.1. The molecule has 0 aliphatic carbocycles. The van der Waals surface area contributed by atoms with Gasteiger partial charge in [0.2, 0.25) is 0 Å². The van der Waals surface area contributed by atoms with Crippen molar-refractivity contribution in [2.75, 3.05) is 50.1 Å². The standard InChI is InChI=1S/C17H21ClN4O2/c1-3-24-17(23)13(11-19)12-20-15-10-14(18)4-5-16(15)22-8-6-21(2)7-9-22/h4-5,10,12,20H,3,6-9H2,1-2H3/b13-12+. The van der Waals surface area contributed by atoms with Crippen molar-refractivity contribution in [2.24, 2.45) is 0 Å². The molecule has 1 heterocycles. The number of carbonyl (C=O) groups excluding carboxylic acids is 1. The number of benzene rings is 1. The van der Waals surface area contributed by atoms with Crippen LogP contribution in [-0.4, -0.2) is 50.7 Å². The van der Waals surface area contributed by atoms with Gasteiger partial charge < -0.3 is 19.9 Å². The number of halogens is 1. The van der Waals surface area contributed by atoms with Crippen LogP contribution in [0.5, 0.6) is 0 Å². The Labute approximate surface area is 147 Å². The lowest BCUT2D eigenvalue weighted by molar-refractivity contribution is -0.138. The Morgan fingerprint density at radius 1 is 1.42 bits per heavy atom. The number of nitrogens with zero attached hydrogens (tertiary/aromatic N) is 3. The Balaban J connectivity index is 2.21. The fourth-order valence-corrected chi connectivity index (χ4v) is 2.61. The number of nitriles is 1. The SMILES string of the molecule is CCOC(=O)/C(C#N)=C/Nc1cc(Cl)ccc1N1CCN(C)CC1. The number of esters is 1. The van der Waals surface area contributed by atoms with Crippen LogP contribution in [0.4, 0.5) is 11.4 Å². The van der Waals surface area contributed by atoms with Crippen molar-refractivity contribution in [3.05, 3.63) is 35.0 Å². The number of piperazine rings is 1. The van der Waals surface area contributed by atoms with Crippen molar-refractivity contribution >= 4 is 28.9 Å². The molecule has 0 unspecified atom stereocenters. The summed E-state index contributed by atoms with van der Waals surface area (Å²) in [6, 6.07) is 7.41. The van der Waals surface area contributed by atoms with E-state index < -0.39 is 5.97 Å². The van der Waals surface area contributed by atoms with Gasteiger partial charge in [-0.05, 0) is 32.2 Å². The average Bonchev–Trinajstić information content (AvgIpc) is 2.57. The smallest absolute Gasteiger partial charge is 0.350 e. The molecule has 0 aromatic heterocycles. The Morgan fingerprint density at radius 2 is 2.12 bits per heavy atom. The number of ether oxygens (including phenoxy) is 1. The quantitative estimate of drug-likeness (QED) is 0.501. The van der Waals surface area contributed by atoms with Gasteiger partial charge in [0.15, 0.2) is 5.57 Å². The van der Waals surface area contributed by atoms with Gasteiger partial charge in [-0.1, -0.05) is 11.6 Å². The number of likely N-dealkylation sites (N-methyl/N-ethyl adjacent to an activating group) is 1. The highest BCUT2D eigenvalue weighted by molar-refractivity contribution is 6.31. The van der Waals surface area contributed by atoms with Crippen LogP contribution in [0.3, 0.4) is 0 Å². The second-order valence-electron chi connectivity index (χ2n) is 5.49. The van der Waals surface area contributed by atoms with Crippen LogP contribution < -0.4 is 10.2 Å². The molecule has 7 heteroatoms. The summed E-state index contributed by atoms with van der Waals surface area (Å²) in [6.45, 7) is 5.68. The Hall–Kier alpha value is -2.23. The summed E-state index contributed by atoms with van der Waals surface area (Å²) >= 11 is 6.10. The predicted molar refractivity (Wildman–Crippen MR) is 95.1 cm³/mol. The number of hydrogen-bond donors (Lipinski definition) is 1. The van der Waals surface area contributed by atoms with Crippen molar-refractivity contribution in [2.45, 2.75) is 6.92 Å². The van der Waals surface area contributed by atoms with Crippen LogP contribution in [0.1, 0.15) is 6.92 Å². The molecule has 128 valence electrons. The first-order valence-corrected chi connectivity index (χ1v) is 8.20. The van der Waals surface area contributed by atoms with Gasteiger partial charge >= 0.3 is 5.97 Å². The van der Waals surface area contributed by atoms with Crippen LogP contribution >= 0.6 is 11.6 Å². The Bertz CT molecular complexity index is 661. The molecule has 0 atom stereocenters. The highest BCUT2D eigenvalue weighted by Gasteiger charge is 2.17. The zero-order valence-corrected chi connectivity index (χ0v) is 14.6. The average molecular weight is 349 g/mol. The van der Waals surface area contributed by atoms with Crippen molar-refractivity contribution in [1.82, 2.24) is 4.90 Å². The van der Waals surface area contributed by atoms with E-state index in [1.54, 1.807) is 13.0 Å². The predicted octanol–water partition coefficient (Wildman–Crippen LogP) is 2.47. The van der Waals surface area contributed by atoms with Crippen LogP contribution in [0.2, 0.25) is 5.02 Å². The van der Waals surface area contributed by atoms with Crippen LogP contribution in [0.25, 0.3) is 0 Å². The first-order valence-electron chi connectivity index (χ1n) is 7.82. The second-order valence-corrected chi connectivity index (χ2v) is 5.92. The summed E-state index contributed by atoms with van der Waals surface area (Å²) in [7, 11) is 2.10. The van der Waals surface area contributed by atoms with E-state index in [9.17, 15) is 4.79 Å². The van der Waals surface area contributed by atoms with Gasteiger partial charge in [-0.25, -0.2) is 4.79 Å². The Morgan fingerprint density at radius 3 is 2.75 bits per heavy atom. The van der Waals surface area contributed by atoms with E-state index >= 15 is 0 Å². The van der Waals surface area contributed by atoms with Crippen molar-refractivity contribution < 1.29 is 9.53 Å². The van der Waals surface area contributed by atoms with Gasteiger partial charge in [-0.3, -0.25) is 0 Å². The largest absolute Gasteiger partial charge is 0.462 e. The monoisotopic (exact) mass is 348 g/mol. The fourth-order valence-electron chi connectivity index (χ4n) is 2.44. The molecule has 0 spiro atoms. The van der Waals surface area contributed by atoms with E-state index in [0.717, 1.165) is 37.6 Å². The van der Waals surface area contributed by atoms with E-state index in [4.69, 9.17) is 21.6 Å². The van der Waals surface area contributed by atoms with Crippen molar-refractivity contribution in [1.29, 1.82) is 5.26 Å². The lowest BCUT2D eigenvalue weighted by Gasteiger charge is -2.35. The molecule has 0 saturated carbocycles. The number of nitrogens with one attached hydrogen (secondary N) is 1. The lowest BCUT2D eigenvalue weighted by atomic mass is 10.2. The molecule has 0 bridgehead atoms. The minimum absolute atomic E-state index is 0.0823. The van der Waals surface area contributed by atoms with Gasteiger partial charge in [0, 0.05) is 37.4 Å². The maximum absolute atomic E-state index is 11.7. The van der Waals surface area contributed by atoms with E-state index in [0.29, 0.717) is 5.02 Å². The van der Waals surface area contributed by atoms with Gasteiger partial charge in [0.25, 0.3) is 0 Å². The summed E-state index contributed by atoms with van der Waals surface area (Å²) in [5.74, 6) is -0.643. The highest BCUT2D eigenvalue weighted by atomic mass is 35.5. The maximum atomic E-state index is 11.7. The minimum atomic E-state index is -0.643. The molecule has 1 aromatic carbocycles. The summed E-state index contributed by atoms with van der Waals surface area (Å²) in [4.78, 5) is 16.2. The van der Waals surface area contributed by atoms with Crippen molar-refractivity contribution in [3.8, 4) is 6.07 Å². The van der Waals surface area contributed by atoms with Gasteiger partial charge in [0.05, 0.1) is 18.0 Å². The van der Waals surface area contributed by atoms with E-state index in [1.165, 1.54) is 6.20 Å². The number of anilines is 2. The normalized spacial score (nSPS) is 15.8. The third-order valence-electron chi connectivity index (χ3n) is 3.79. The molecule has 6 nitrogen and oxygen atoms in total. The topological polar surface area (TPSA) is 68.6 Å². The molecule has 0 radical (unpaired) electrons. The van der Waals surface area contributed by atoms with E-state index in [-0.39, 0.29) is 12.2 Å². The molecule has 1 fully saturated rings. The highest BCUT2D eigenvalue weighted by Crippen LogP contribution is 2.30. The molecule has 0 amide bonds. The maximum Gasteiger partial charge on any atom is 0.350 e. The van der Waals surface area contributed by atoms with Crippen LogP contribution in [0.15, 0.2) is 30.0 Å². The molecule has 1 aliphatic heterocycles. The molecule has 24 heavy (non-hydrogen) atoms. The first-order chi connectivity index (χ1) is 11.5. The molecule has 1 aromatic rings. The van der Waals surface area contributed by atoms with Crippen molar-refractivity contribution in [3.63, 3.8) is 0 Å². The third-order valence-corrected chi connectivity index (χ3v) is 4.03. The fraction of sp³-hybridized carbons (Fsp3) is 0.412. The number of carbonyl (C=O) groups is 1. The molecule has 1 saturated heterocycles. The molecule has 1 aliphatic rings. The second kappa shape index (κ2) is 8.57. The van der Waals surface area contributed by atoms with Crippen LogP contribution in [-0.2, 0) is 9.53 Å². The number of hydrogen-bond acceptors (Lipinski definition) is 6. The van der Waals surface area contributed by atoms with E-state index in [2.05, 4.69) is 22.2 Å². The van der Waals surface area contributed by atoms with Gasteiger partial charge in [0.1, 0.15) is 6.07 Å². The zero-order chi connectivity index (χ0) is 17.5. The van der Waals surface area contributed by atoms with Gasteiger partial charge in [-0.15, -0.1) is 0 Å². The van der Waals surface area contributed by atoms with Gasteiger partial charge in [-0.2, -0.15) is 5.26 Å². The molecule has 1 N–H and O–H groups in total. The summed E-state index contributed by atoms with van der Waals surface area (Å²) < 4.78 is 4.85. The molecule has 2 rings (SSSR count). The lowest BCUT2D eigenvalue weighted by Crippen LogP contribution is -2.44. The Kier molecular flexibility index (Phi) is 6.47. The van der Waals surface area contributed by atoms with Crippen LogP contribution in [0, 0.1) is 11.3 Å². The molecular weight excluding hydrogens is 328 g/mol.